The molecule has 0 amide bonds. The Balaban J connectivity index is -0.00000135. The lowest BCUT2D eigenvalue weighted by Gasteiger charge is -2.32. The topological polar surface area (TPSA) is 405 Å². The molecule has 0 aliphatic rings. The maximum Gasteiger partial charge on any atom is 0.312 e. The molecule has 656 valence electrons. The van der Waals surface area contributed by atoms with Gasteiger partial charge in [-0.05, 0) is 193 Å². The highest BCUT2D eigenvalue weighted by molar-refractivity contribution is 6.25. The molecule has 0 aliphatic heterocycles. The Labute approximate surface area is 704 Å². The van der Waals surface area contributed by atoms with Crippen LogP contribution in [0.4, 0.5) is 0 Å². The van der Waals surface area contributed by atoms with E-state index in [2.05, 4.69) is 13.2 Å². The third kappa shape index (κ3) is 45.3. The summed E-state index contributed by atoms with van der Waals surface area (Å²) in [5, 5.41) is 62.4. The number of nitriles is 1. The van der Waals surface area contributed by atoms with Gasteiger partial charge in [0, 0.05) is 11.6 Å². The zero-order chi connectivity index (χ0) is 91.2. The van der Waals surface area contributed by atoms with Crippen LogP contribution in [0.15, 0.2) is 152 Å². The molecular formula is C92H132ClNO24. The zero-order valence-electron chi connectivity index (χ0n) is 72.7. The van der Waals surface area contributed by atoms with E-state index in [4.69, 9.17) is 70.8 Å². The number of aliphatic carboxylic acids is 6. The van der Waals surface area contributed by atoms with Gasteiger partial charge in [-0.3, -0.25) is 57.5 Å². The molecule has 0 bridgehead atoms. The van der Waals surface area contributed by atoms with Gasteiger partial charge in [0.05, 0.1) is 74.1 Å². The van der Waals surface area contributed by atoms with E-state index in [0.29, 0.717) is 51.4 Å². The number of benzene rings is 3. The van der Waals surface area contributed by atoms with Crippen LogP contribution in [-0.2, 0) is 86.0 Å². The van der Waals surface area contributed by atoms with E-state index in [1.165, 1.54) is 29.8 Å². The van der Waals surface area contributed by atoms with Gasteiger partial charge in [-0.1, -0.05) is 196 Å². The Bertz CT molecular complexity index is 3780. The van der Waals surface area contributed by atoms with Crippen molar-refractivity contribution in [1.82, 2.24) is 0 Å². The zero-order valence-corrected chi connectivity index (χ0v) is 73.4. The van der Waals surface area contributed by atoms with E-state index >= 15 is 0 Å². The van der Waals surface area contributed by atoms with Crippen LogP contribution in [0.1, 0.15) is 231 Å². The monoisotopic (exact) mass is 1670 g/mol. The lowest BCUT2D eigenvalue weighted by atomic mass is 9.72. The summed E-state index contributed by atoms with van der Waals surface area (Å²) in [6.07, 6.45) is 17.4. The highest BCUT2D eigenvalue weighted by Gasteiger charge is 2.45. The molecule has 26 heteroatoms. The highest BCUT2D eigenvalue weighted by Crippen LogP contribution is 2.41. The molecule has 3 rings (SSSR count). The molecule has 6 N–H and O–H groups in total. The van der Waals surface area contributed by atoms with Crippen LogP contribution in [0.2, 0.25) is 0 Å². The second kappa shape index (κ2) is 58.4. The first kappa shape index (κ1) is 112. The van der Waals surface area contributed by atoms with Crippen LogP contribution in [0, 0.1) is 79.3 Å². The van der Waals surface area contributed by atoms with Gasteiger partial charge < -0.3 is 59.1 Å². The molecular weight excluding hydrogens is 1540 g/mol. The van der Waals surface area contributed by atoms with Crippen LogP contribution < -0.4 is 0 Å². The minimum atomic E-state index is -0.994. The molecule has 3 aromatic rings. The SMILES string of the molecule is C=C(C)C(OC(=O)C(CC)CC(C)C(=O)O)c1ccccc1.C=CCOC(=O)C(CC)CC(C)C(=O)O.CCC(C)(CC(C)(C)C(=O)O)C(=O)OC/C=C/C#N.CCC(C)(CC(C)(C)C(=O)O)C(=O)OC/C=C/Cl.CCC(C)(CC(C)(C)C(=O)O)C(=O)OC/C=C/c1ccccc1.CCC(CC(C)C(=O)O)C(=O)OC/C=C/c1ccccc1. The average molecular weight is 1670 g/mol. The number of carbonyl (C=O) groups is 12. The molecule has 10 atom stereocenters. The van der Waals surface area contributed by atoms with E-state index in [1.807, 2.05) is 152 Å². The van der Waals surface area contributed by atoms with Crippen molar-refractivity contribution in [2.24, 2.45) is 68.0 Å². The van der Waals surface area contributed by atoms with Crippen LogP contribution in [-0.4, -0.2) is 135 Å². The summed E-state index contributed by atoms with van der Waals surface area (Å²) < 4.78 is 31.1. The maximum atomic E-state index is 12.4. The lowest BCUT2D eigenvalue weighted by molar-refractivity contribution is -0.161. The first-order valence-electron chi connectivity index (χ1n) is 39.5. The number of carboxylic acids is 6. The molecule has 25 nitrogen and oxygen atoms in total. The van der Waals surface area contributed by atoms with Crippen LogP contribution in [0.25, 0.3) is 12.2 Å². The Hall–Kier alpha value is -10.5. The largest absolute Gasteiger partial charge is 0.481 e. The molecule has 0 heterocycles. The third-order valence-corrected chi connectivity index (χ3v) is 19.8. The standard InChI is InChI=1S/C19H26O4.C18H24O4.C17H22O4.C14H21NO4.C13H21ClO4.C11H18O4/c1-5-19(4,14-18(2,3)16(20)21)17(22)23-13-9-12-15-10-7-6-8-11-15;1-5-14(11-13(4)17(19)20)18(21)22-16(12(2)3)15-9-7-6-8-10-15;1-3-15(12-13(2)16(18)19)17(20)21-11-7-10-14-8-5-4-6-9-14;1-5-14(4,10-13(2,3)11(16)17)12(18)19-9-7-6-8-15;1-5-13(4,9-12(2,3)10(15)16)11(17)18-8-6-7-14;1-4-6-15-11(14)9(5-2)7-8(3)10(12)13/h6-12H,5,13-14H2,1-4H3,(H,20,21);6-10,13-14,16H,2,5,11H2,1,3-4H3,(H,19,20);4-10,13,15H,3,11-12H2,1-2H3,(H,18,19);6-7H,5,9-10H2,1-4H3,(H,16,17);6-7H,5,8-9H2,1-4H3,(H,15,16);4,8-9H,1,5-7H2,2-3H3,(H,12,13)/b12-9+;;10-7+;2*7-6+;. The number of ether oxygens (including phenoxy) is 6. The van der Waals surface area contributed by atoms with Crippen molar-refractivity contribution in [3.63, 3.8) is 0 Å². The predicted octanol–water partition coefficient (Wildman–Crippen LogP) is 19.1. The number of rotatable bonds is 45. The van der Waals surface area contributed by atoms with Crippen molar-refractivity contribution < 1.29 is 117 Å². The summed E-state index contributed by atoms with van der Waals surface area (Å²) >= 11 is 5.33. The molecule has 10 unspecified atom stereocenters. The number of nitrogens with zero attached hydrogens (tertiary/aromatic N) is 1. The average Bonchev–Trinajstić information content (AvgIpc) is 0.829. The van der Waals surface area contributed by atoms with Gasteiger partial charge in [0.2, 0.25) is 0 Å². The summed E-state index contributed by atoms with van der Waals surface area (Å²) in [4.78, 5) is 138. The van der Waals surface area contributed by atoms with Crippen LogP contribution >= 0.6 is 11.6 Å². The van der Waals surface area contributed by atoms with E-state index in [1.54, 1.807) is 101 Å². The Morgan fingerprint density at radius 1 is 0.441 bits per heavy atom. The van der Waals surface area contributed by atoms with Crippen molar-refractivity contribution in [1.29, 1.82) is 5.26 Å². The van der Waals surface area contributed by atoms with Crippen LogP contribution in [0.3, 0.4) is 0 Å². The van der Waals surface area contributed by atoms with Gasteiger partial charge in [0.1, 0.15) is 39.1 Å². The normalized spacial score (nSPS) is 14.5. The van der Waals surface area contributed by atoms with Crippen LogP contribution in [0.5, 0.6) is 0 Å². The molecule has 0 aromatic heterocycles. The van der Waals surface area contributed by atoms with Crippen molar-refractivity contribution >= 4 is 95.4 Å². The van der Waals surface area contributed by atoms with Gasteiger partial charge in [-0.25, -0.2) is 0 Å². The molecule has 0 saturated heterocycles. The fraction of sp³-hybridized carbons (Fsp3) is 0.533. The fourth-order valence-electron chi connectivity index (χ4n) is 11.4. The van der Waals surface area contributed by atoms with E-state index in [9.17, 15) is 62.6 Å². The van der Waals surface area contributed by atoms with E-state index in [-0.39, 0.29) is 94.4 Å². The van der Waals surface area contributed by atoms with Crippen molar-refractivity contribution in [2.75, 3.05) is 33.0 Å². The molecule has 0 fully saturated rings. The van der Waals surface area contributed by atoms with Crippen molar-refractivity contribution in [3.05, 3.63) is 168 Å². The predicted molar refractivity (Wildman–Crippen MR) is 455 cm³/mol. The number of hydrogen-bond donors (Lipinski definition) is 6. The van der Waals surface area contributed by atoms with Gasteiger partial charge in [-0.2, -0.15) is 5.26 Å². The summed E-state index contributed by atoms with van der Waals surface area (Å²) in [5.74, 6) is -10.4. The Morgan fingerprint density at radius 2 is 0.729 bits per heavy atom. The smallest absolute Gasteiger partial charge is 0.312 e. The van der Waals surface area contributed by atoms with E-state index in [0.717, 1.165) is 22.3 Å². The maximum absolute atomic E-state index is 12.4. The second-order valence-corrected chi connectivity index (χ2v) is 31.8. The first-order chi connectivity index (χ1) is 55.0. The minimum absolute atomic E-state index is 0.0233. The number of halogens is 1. The molecule has 0 saturated carbocycles. The Morgan fingerprint density at radius 3 is 1.00 bits per heavy atom. The summed E-state index contributed by atoms with van der Waals surface area (Å²) in [5.41, 5.74) is -0.425. The number of hydrogen-bond acceptors (Lipinski definition) is 19. The first-order valence-corrected chi connectivity index (χ1v) is 39.9. The van der Waals surface area contributed by atoms with Crippen molar-refractivity contribution in [2.45, 2.75) is 215 Å². The summed E-state index contributed by atoms with van der Waals surface area (Å²) in [6, 6.07) is 30.7. The molecule has 3 aromatic carbocycles. The second-order valence-electron chi connectivity index (χ2n) is 31.5. The fourth-order valence-corrected chi connectivity index (χ4v) is 11.5. The quantitative estimate of drug-likeness (QED) is 0.0132. The minimum Gasteiger partial charge on any atom is -0.481 e. The number of allylic oxidation sites excluding steroid dienone is 1. The van der Waals surface area contributed by atoms with E-state index < -0.39 is 110 Å². The van der Waals surface area contributed by atoms with Gasteiger partial charge in [0.25, 0.3) is 0 Å². The van der Waals surface area contributed by atoms with Gasteiger partial charge >= 0.3 is 71.6 Å². The number of esters is 6. The summed E-state index contributed by atoms with van der Waals surface area (Å²) in [6.45, 7) is 40.6. The molecule has 118 heavy (non-hydrogen) atoms. The van der Waals surface area contributed by atoms with Gasteiger partial charge in [0.15, 0.2) is 0 Å². The van der Waals surface area contributed by atoms with Crippen molar-refractivity contribution in [3.8, 4) is 6.07 Å². The Kier molecular flexibility index (Phi) is 55.3. The highest BCUT2D eigenvalue weighted by atomic mass is 35.5. The number of carbonyl (C=O) groups excluding carboxylic acids is 6. The molecule has 0 aliphatic carbocycles. The van der Waals surface area contributed by atoms with Gasteiger partial charge in [-0.15, -0.1) is 0 Å². The number of carboxylic acid groups (broad SMARTS) is 6. The summed E-state index contributed by atoms with van der Waals surface area (Å²) in [7, 11) is 0. The molecule has 0 spiro atoms. The molecule has 0 radical (unpaired) electrons. The third-order valence-electron chi connectivity index (χ3n) is 19.6. The lowest BCUT2D eigenvalue weighted by Crippen LogP contribution is -2.37.